The molecule has 2 rings (SSSR count). The molecule has 25 heavy (non-hydrogen) atoms. The van der Waals surface area contributed by atoms with Gasteiger partial charge in [0.15, 0.2) is 0 Å². The third-order valence-corrected chi connectivity index (χ3v) is 4.88. The molecule has 138 valence electrons. The van der Waals surface area contributed by atoms with E-state index in [1.54, 1.807) is 32.9 Å². The van der Waals surface area contributed by atoms with Crippen LogP contribution in [0.1, 0.15) is 27.8 Å². The summed E-state index contributed by atoms with van der Waals surface area (Å²) in [6, 6.07) is 6.98. The summed E-state index contributed by atoms with van der Waals surface area (Å²) >= 11 is 5.78. The molecule has 0 amide bonds. The van der Waals surface area contributed by atoms with Gasteiger partial charge in [-0.2, -0.15) is 26.3 Å². The Morgan fingerprint density at radius 3 is 1.60 bits per heavy atom. The first-order chi connectivity index (χ1) is 11.2. The van der Waals surface area contributed by atoms with Crippen LogP contribution in [0.4, 0.5) is 26.3 Å². The predicted octanol–water partition coefficient (Wildman–Crippen LogP) is 7.86. The van der Waals surface area contributed by atoms with Crippen LogP contribution in [0.3, 0.4) is 0 Å². The standard InChI is InChI=1S/C9H8BrF3.C8H6BrF3/c1-5-3-6(2)8(10)7(4-5)9(11,12)13;1-5-2-3-7(9)6(4-5)8(10,11)12/h3-4H,1-2H3;2-4H,1H3. The van der Waals surface area contributed by atoms with Crippen LogP contribution in [0.25, 0.3) is 0 Å². The van der Waals surface area contributed by atoms with E-state index < -0.39 is 23.5 Å². The Labute approximate surface area is 158 Å². The van der Waals surface area contributed by atoms with Crippen LogP contribution in [-0.4, -0.2) is 0 Å². The van der Waals surface area contributed by atoms with Crippen LogP contribution in [0.15, 0.2) is 39.3 Å². The van der Waals surface area contributed by atoms with Crippen LogP contribution in [0, 0.1) is 20.8 Å². The molecule has 0 saturated heterocycles. The van der Waals surface area contributed by atoms with Gasteiger partial charge in [0.25, 0.3) is 0 Å². The molecule has 0 saturated carbocycles. The number of aryl methyl sites for hydroxylation is 3. The Hall–Kier alpha value is -1.02. The van der Waals surface area contributed by atoms with E-state index in [4.69, 9.17) is 0 Å². The smallest absolute Gasteiger partial charge is 0.166 e. The lowest BCUT2D eigenvalue weighted by molar-refractivity contribution is -0.139. The molecule has 0 N–H and O–H groups in total. The van der Waals surface area contributed by atoms with Crippen molar-refractivity contribution in [1.29, 1.82) is 0 Å². The summed E-state index contributed by atoms with van der Waals surface area (Å²) in [7, 11) is 0. The fourth-order valence-corrected chi connectivity index (χ4v) is 2.94. The molecule has 0 aliphatic carbocycles. The number of rotatable bonds is 0. The predicted molar refractivity (Wildman–Crippen MR) is 92.5 cm³/mol. The van der Waals surface area contributed by atoms with E-state index in [1.807, 2.05) is 0 Å². The van der Waals surface area contributed by atoms with Gasteiger partial charge in [-0.15, -0.1) is 0 Å². The molecule has 0 fully saturated rings. The molecule has 2 aromatic carbocycles. The second kappa shape index (κ2) is 8.12. The minimum atomic E-state index is -4.28. The summed E-state index contributed by atoms with van der Waals surface area (Å²) in [5.41, 5.74) is 0.596. The fourth-order valence-electron chi connectivity index (χ4n) is 2.01. The Kier molecular flexibility index (Phi) is 7.15. The van der Waals surface area contributed by atoms with Crippen molar-refractivity contribution in [3.8, 4) is 0 Å². The number of hydrogen-bond donors (Lipinski definition) is 0. The van der Waals surface area contributed by atoms with Crippen molar-refractivity contribution < 1.29 is 26.3 Å². The maximum absolute atomic E-state index is 12.4. The van der Waals surface area contributed by atoms with Crippen molar-refractivity contribution in [3.05, 3.63) is 67.1 Å². The lowest BCUT2D eigenvalue weighted by atomic mass is 10.1. The van der Waals surface area contributed by atoms with E-state index in [0.29, 0.717) is 16.7 Å². The first-order valence-electron chi connectivity index (χ1n) is 6.90. The van der Waals surface area contributed by atoms with E-state index in [1.165, 1.54) is 6.07 Å². The number of alkyl halides is 6. The topological polar surface area (TPSA) is 0 Å². The van der Waals surface area contributed by atoms with Gasteiger partial charge < -0.3 is 0 Å². The van der Waals surface area contributed by atoms with E-state index in [9.17, 15) is 26.3 Å². The summed E-state index contributed by atoms with van der Waals surface area (Å²) < 4.78 is 73.9. The normalized spacial score (nSPS) is 11.8. The molecular formula is C17H14Br2F6. The lowest BCUT2D eigenvalue weighted by Gasteiger charge is -2.11. The van der Waals surface area contributed by atoms with E-state index in [0.717, 1.165) is 12.1 Å². The van der Waals surface area contributed by atoms with Crippen molar-refractivity contribution in [3.63, 3.8) is 0 Å². The van der Waals surface area contributed by atoms with Gasteiger partial charge in [0.2, 0.25) is 0 Å². The highest BCUT2D eigenvalue weighted by Gasteiger charge is 2.34. The molecule has 0 atom stereocenters. The highest BCUT2D eigenvalue weighted by Crippen LogP contribution is 2.37. The number of hydrogen-bond acceptors (Lipinski definition) is 0. The van der Waals surface area contributed by atoms with Crippen molar-refractivity contribution in [2.75, 3.05) is 0 Å². The molecule has 2 aromatic rings. The molecule has 0 nitrogen and oxygen atoms in total. The van der Waals surface area contributed by atoms with E-state index >= 15 is 0 Å². The van der Waals surface area contributed by atoms with Crippen LogP contribution < -0.4 is 0 Å². The van der Waals surface area contributed by atoms with Gasteiger partial charge in [-0.1, -0.05) is 39.2 Å². The maximum Gasteiger partial charge on any atom is 0.417 e. The van der Waals surface area contributed by atoms with Crippen molar-refractivity contribution in [1.82, 2.24) is 0 Å². The highest BCUT2D eigenvalue weighted by atomic mass is 79.9. The highest BCUT2D eigenvalue weighted by molar-refractivity contribution is 9.10. The average molecular weight is 492 g/mol. The molecule has 0 heterocycles. The largest absolute Gasteiger partial charge is 0.417 e. The summed E-state index contributed by atoms with van der Waals surface area (Å²) in [5, 5.41) is 0. The van der Waals surface area contributed by atoms with Gasteiger partial charge in [-0.3, -0.25) is 0 Å². The summed E-state index contributed by atoms with van der Waals surface area (Å²) in [5.74, 6) is 0. The minimum absolute atomic E-state index is 0.0839. The van der Waals surface area contributed by atoms with Crippen molar-refractivity contribution >= 4 is 31.9 Å². The maximum atomic E-state index is 12.4. The quantitative estimate of drug-likeness (QED) is 0.329. The van der Waals surface area contributed by atoms with E-state index in [2.05, 4.69) is 31.9 Å². The van der Waals surface area contributed by atoms with Gasteiger partial charge in [-0.25, -0.2) is 0 Å². The Morgan fingerprint density at radius 2 is 1.16 bits per heavy atom. The van der Waals surface area contributed by atoms with Gasteiger partial charge in [0.1, 0.15) is 0 Å². The zero-order valence-corrected chi connectivity index (χ0v) is 16.6. The Bertz CT molecular complexity index is 748. The number of benzene rings is 2. The second-order valence-electron chi connectivity index (χ2n) is 5.42. The summed E-state index contributed by atoms with van der Waals surface area (Å²) in [4.78, 5) is 0. The van der Waals surface area contributed by atoms with Crippen LogP contribution in [0.2, 0.25) is 0 Å². The zero-order chi connectivity index (χ0) is 19.6. The second-order valence-corrected chi connectivity index (χ2v) is 7.07. The SMILES string of the molecule is Cc1cc(C)c(Br)c(C(F)(F)F)c1.Cc1ccc(Br)c(C(F)(F)F)c1. The molecule has 0 bridgehead atoms. The first kappa shape index (κ1) is 22.0. The molecule has 0 unspecified atom stereocenters. The molecule has 0 aliphatic heterocycles. The van der Waals surface area contributed by atoms with Gasteiger partial charge in [0.05, 0.1) is 11.1 Å². The van der Waals surface area contributed by atoms with Crippen LogP contribution in [0.5, 0.6) is 0 Å². The average Bonchev–Trinajstić information content (AvgIpc) is 2.44. The molecule has 8 heteroatoms. The third kappa shape index (κ3) is 6.33. The summed E-state index contributed by atoms with van der Waals surface area (Å²) in [6.45, 7) is 4.92. The van der Waals surface area contributed by atoms with Crippen molar-refractivity contribution in [2.45, 2.75) is 33.1 Å². The van der Waals surface area contributed by atoms with Crippen LogP contribution in [-0.2, 0) is 12.4 Å². The Balaban J connectivity index is 0.000000251. The molecule has 0 aliphatic rings. The van der Waals surface area contributed by atoms with E-state index in [-0.39, 0.29) is 8.95 Å². The minimum Gasteiger partial charge on any atom is -0.166 e. The molecule has 0 aromatic heterocycles. The summed E-state index contributed by atoms with van der Waals surface area (Å²) in [6.07, 6.45) is -8.56. The molecular weight excluding hydrogens is 478 g/mol. The Morgan fingerprint density at radius 1 is 0.680 bits per heavy atom. The number of halogens is 8. The van der Waals surface area contributed by atoms with Crippen LogP contribution >= 0.6 is 31.9 Å². The molecule has 0 radical (unpaired) electrons. The monoisotopic (exact) mass is 490 g/mol. The lowest BCUT2D eigenvalue weighted by Crippen LogP contribution is -2.07. The van der Waals surface area contributed by atoms with Gasteiger partial charge in [-0.05, 0) is 60.5 Å². The zero-order valence-electron chi connectivity index (χ0n) is 13.4. The van der Waals surface area contributed by atoms with Crippen molar-refractivity contribution in [2.24, 2.45) is 0 Å². The van der Waals surface area contributed by atoms with Gasteiger partial charge in [0, 0.05) is 8.95 Å². The van der Waals surface area contributed by atoms with Gasteiger partial charge >= 0.3 is 12.4 Å². The molecule has 0 spiro atoms. The third-order valence-electron chi connectivity index (χ3n) is 3.13. The first-order valence-corrected chi connectivity index (χ1v) is 8.49. The fraction of sp³-hybridized carbons (Fsp3) is 0.294.